The summed E-state index contributed by atoms with van der Waals surface area (Å²) in [7, 11) is -1.36. The molecule has 30 heavy (non-hydrogen) atoms. The molecule has 0 saturated carbocycles. The molecule has 4 rings (SSSR count). The van der Waals surface area contributed by atoms with Crippen LogP contribution in [0.5, 0.6) is 0 Å². The number of benzene rings is 2. The van der Waals surface area contributed by atoms with Crippen molar-refractivity contribution in [1.29, 1.82) is 0 Å². The fourth-order valence-electron chi connectivity index (χ4n) is 4.40. The van der Waals surface area contributed by atoms with Gasteiger partial charge in [-0.2, -0.15) is 0 Å². The number of fused-ring (bicyclic) bond motifs is 1. The number of anilines is 1. The van der Waals surface area contributed by atoms with E-state index in [-0.39, 0.29) is 0 Å². The Bertz CT molecular complexity index is 987. The van der Waals surface area contributed by atoms with Gasteiger partial charge in [0.2, 0.25) is 0 Å². The minimum Gasteiger partial charge on any atom is -0.384 e. The molecule has 2 heterocycles. The lowest BCUT2D eigenvalue weighted by Crippen LogP contribution is -2.37. The van der Waals surface area contributed by atoms with Gasteiger partial charge in [-0.05, 0) is 56.8 Å². The number of pyridine rings is 1. The quantitative estimate of drug-likeness (QED) is 0.386. The predicted octanol–water partition coefficient (Wildman–Crippen LogP) is 5.64. The number of para-hydroxylation sites is 1. The maximum Gasteiger partial charge on any atom is 0.0776 e. The Morgan fingerprint density at radius 3 is 2.73 bits per heavy atom. The molecular formula is C26H35N3Si. The summed E-state index contributed by atoms with van der Waals surface area (Å²) in [6.45, 7) is 10.6. The van der Waals surface area contributed by atoms with Gasteiger partial charge in [0.05, 0.1) is 19.3 Å². The van der Waals surface area contributed by atoms with Gasteiger partial charge < -0.3 is 10.6 Å². The SMILES string of the molecule is C[Si](C)(C)c1cccc(-c2cc(NCCCC3CCCNC3)c3ccccc3n2)c1. The summed E-state index contributed by atoms with van der Waals surface area (Å²) in [5.74, 6) is 0.842. The molecule has 1 saturated heterocycles. The van der Waals surface area contributed by atoms with E-state index in [1.165, 1.54) is 60.6 Å². The summed E-state index contributed by atoms with van der Waals surface area (Å²) in [5, 5.41) is 9.95. The lowest BCUT2D eigenvalue weighted by molar-refractivity contribution is 0.353. The highest BCUT2D eigenvalue weighted by Gasteiger charge is 2.17. The van der Waals surface area contributed by atoms with Gasteiger partial charge in [-0.15, -0.1) is 0 Å². The van der Waals surface area contributed by atoms with Crippen molar-refractivity contribution in [3.8, 4) is 11.3 Å². The summed E-state index contributed by atoms with van der Waals surface area (Å²) in [5.41, 5.74) is 4.55. The molecule has 1 aliphatic heterocycles. The van der Waals surface area contributed by atoms with Crippen LogP contribution in [-0.2, 0) is 0 Å². The molecule has 4 heteroatoms. The molecule has 2 aromatic carbocycles. The fraction of sp³-hybridized carbons (Fsp3) is 0.423. The average Bonchev–Trinajstić information content (AvgIpc) is 2.76. The summed E-state index contributed by atoms with van der Waals surface area (Å²) in [6, 6.07) is 19.7. The van der Waals surface area contributed by atoms with Crippen LogP contribution < -0.4 is 15.8 Å². The molecular weight excluding hydrogens is 382 g/mol. The van der Waals surface area contributed by atoms with Crippen molar-refractivity contribution in [2.24, 2.45) is 5.92 Å². The Morgan fingerprint density at radius 2 is 1.93 bits per heavy atom. The summed E-state index contributed by atoms with van der Waals surface area (Å²) in [6.07, 6.45) is 5.22. The van der Waals surface area contributed by atoms with Crippen LogP contribution in [0.2, 0.25) is 19.6 Å². The number of aromatic nitrogens is 1. The van der Waals surface area contributed by atoms with E-state index in [2.05, 4.69) is 84.9 Å². The van der Waals surface area contributed by atoms with Crippen LogP contribution >= 0.6 is 0 Å². The second-order valence-corrected chi connectivity index (χ2v) is 14.8. The monoisotopic (exact) mass is 417 g/mol. The normalized spacial score (nSPS) is 17.2. The molecule has 3 aromatic rings. The molecule has 1 unspecified atom stereocenters. The Balaban J connectivity index is 1.55. The van der Waals surface area contributed by atoms with Crippen LogP contribution in [0, 0.1) is 5.92 Å². The van der Waals surface area contributed by atoms with Crippen molar-refractivity contribution in [3.05, 3.63) is 54.6 Å². The van der Waals surface area contributed by atoms with E-state index in [4.69, 9.17) is 4.98 Å². The van der Waals surface area contributed by atoms with Gasteiger partial charge in [0.15, 0.2) is 0 Å². The van der Waals surface area contributed by atoms with Gasteiger partial charge >= 0.3 is 0 Å². The first-order valence-corrected chi connectivity index (χ1v) is 15.0. The van der Waals surface area contributed by atoms with Crippen molar-refractivity contribution in [2.75, 3.05) is 25.0 Å². The Labute approximate surface area is 182 Å². The Kier molecular flexibility index (Phi) is 6.54. The van der Waals surface area contributed by atoms with Crippen molar-refractivity contribution in [2.45, 2.75) is 45.3 Å². The first-order chi connectivity index (χ1) is 14.5. The molecule has 1 fully saturated rings. The number of rotatable bonds is 7. The summed E-state index contributed by atoms with van der Waals surface area (Å²) in [4.78, 5) is 5.00. The summed E-state index contributed by atoms with van der Waals surface area (Å²) >= 11 is 0. The second-order valence-electron chi connectivity index (χ2n) is 9.68. The standard InChI is InChI=1S/C26H35N3Si/c1-30(2,3)22-12-6-11-21(17-22)25-18-26(23-13-4-5-14-24(23)29-25)28-16-8-10-20-9-7-15-27-19-20/h4-6,11-14,17-18,20,27H,7-10,15-16,19H2,1-3H3,(H,28,29). The number of piperidine rings is 1. The zero-order valence-electron chi connectivity index (χ0n) is 18.7. The maximum absolute atomic E-state index is 5.00. The Morgan fingerprint density at radius 1 is 1.07 bits per heavy atom. The highest BCUT2D eigenvalue weighted by atomic mass is 28.3. The number of hydrogen-bond donors (Lipinski definition) is 2. The largest absolute Gasteiger partial charge is 0.384 e. The zero-order chi connectivity index (χ0) is 21.0. The highest BCUT2D eigenvalue weighted by Crippen LogP contribution is 2.28. The van der Waals surface area contributed by atoms with Gasteiger partial charge in [-0.1, -0.05) is 67.3 Å². The lowest BCUT2D eigenvalue weighted by Gasteiger charge is -2.22. The van der Waals surface area contributed by atoms with E-state index in [9.17, 15) is 0 Å². The molecule has 0 aliphatic carbocycles. The third kappa shape index (κ3) is 5.11. The first kappa shape index (κ1) is 21.1. The van der Waals surface area contributed by atoms with E-state index >= 15 is 0 Å². The van der Waals surface area contributed by atoms with Crippen molar-refractivity contribution in [1.82, 2.24) is 10.3 Å². The van der Waals surface area contributed by atoms with E-state index < -0.39 is 8.07 Å². The molecule has 0 bridgehead atoms. The van der Waals surface area contributed by atoms with Crippen LogP contribution in [0.3, 0.4) is 0 Å². The van der Waals surface area contributed by atoms with Crippen LogP contribution in [0.15, 0.2) is 54.6 Å². The van der Waals surface area contributed by atoms with Crippen molar-refractivity contribution < 1.29 is 0 Å². The minimum absolute atomic E-state index is 0.842. The fourth-order valence-corrected chi connectivity index (χ4v) is 5.58. The minimum atomic E-state index is -1.36. The molecule has 3 nitrogen and oxygen atoms in total. The first-order valence-electron chi connectivity index (χ1n) is 11.5. The van der Waals surface area contributed by atoms with Crippen molar-refractivity contribution >= 4 is 29.9 Å². The van der Waals surface area contributed by atoms with Crippen LogP contribution in [0.25, 0.3) is 22.2 Å². The maximum atomic E-state index is 5.00. The van der Waals surface area contributed by atoms with Gasteiger partial charge in [-0.3, -0.25) is 0 Å². The predicted molar refractivity (Wildman–Crippen MR) is 133 cm³/mol. The smallest absolute Gasteiger partial charge is 0.0776 e. The molecule has 0 amide bonds. The third-order valence-corrected chi connectivity index (χ3v) is 8.29. The van der Waals surface area contributed by atoms with Gasteiger partial charge in [0, 0.05) is 23.2 Å². The number of nitrogens with zero attached hydrogens (tertiary/aromatic N) is 1. The molecule has 2 N–H and O–H groups in total. The van der Waals surface area contributed by atoms with E-state index in [1.54, 1.807) is 0 Å². The van der Waals surface area contributed by atoms with E-state index in [1.807, 2.05) is 0 Å². The van der Waals surface area contributed by atoms with Gasteiger partial charge in [0.25, 0.3) is 0 Å². The van der Waals surface area contributed by atoms with Crippen LogP contribution in [0.1, 0.15) is 25.7 Å². The topological polar surface area (TPSA) is 37.0 Å². The third-order valence-electron chi connectivity index (χ3n) is 6.24. The van der Waals surface area contributed by atoms with Crippen LogP contribution in [-0.4, -0.2) is 32.7 Å². The molecule has 1 aliphatic rings. The van der Waals surface area contributed by atoms with Gasteiger partial charge in [-0.25, -0.2) is 4.98 Å². The molecule has 158 valence electrons. The highest BCUT2D eigenvalue weighted by molar-refractivity contribution is 6.88. The second kappa shape index (κ2) is 9.32. The number of nitrogens with one attached hydrogen (secondary N) is 2. The van der Waals surface area contributed by atoms with Crippen molar-refractivity contribution in [3.63, 3.8) is 0 Å². The molecule has 0 radical (unpaired) electrons. The molecule has 1 atom stereocenters. The van der Waals surface area contributed by atoms with Gasteiger partial charge in [0.1, 0.15) is 0 Å². The van der Waals surface area contributed by atoms with E-state index in [0.29, 0.717) is 0 Å². The molecule has 1 aromatic heterocycles. The zero-order valence-corrected chi connectivity index (χ0v) is 19.7. The number of hydrogen-bond acceptors (Lipinski definition) is 3. The summed E-state index contributed by atoms with van der Waals surface area (Å²) < 4.78 is 0. The molecule has 0 spiro atoms. The Hall–Kier alpha value is -2.17. The van der Waals surface area contributed by atoms with E-state index in [0.717, 1.165) is 23.7 Å². The van der Waals surface area contributed by atoms with Crippen LogP contribution in [0.4, 0.5) is 5.69 Å². The average molecular weight is 418 g/mol. The lowest BCUT2D eigenvalue weighted by atomic mass is 9.95.